The van der Waals surface area contributed by atoms with Crippen LogP contribution in [0.1, 0.15) is 355 Å². The van der Waals surface area contributed by atoms with Crippen LogP contribution < -0.4 is 0 Å². The van der Waals surface area contributed by atoms with Gasteiger partial charge in [-0.15, -0.1) is 0 Å². The molecule has 0 saturated heterocycles. The summed E-state index contributed by atoms with van der Waals surface area (Å²) in [6, 6.07) is 0. The summed E-state index contributed by atoms with van der Waals surface area (Å²) < 4.78 is 17.0. The van der Waals surface area contributed by atoms with Crippen LogP contribution in [-0.4, -0.2) is 37.2 Å². The van der Waals surface area contributed by atoms with Crippen LogP contribution >= 0.6 is 0 Å². The van der Waals surface area contributed by atoms with Crippen LogP contribution in [0.25, 0.3) is 0 Å². The molecule has 0 bridgehead atoms. The summed E-state index contributed by atoms with van der Waals surface area (Å²) in [5.74, 6) is -0.865. The predicted octanol–water partition coefficient (Wildman–Crippen LogP) is 23.1. The molecule has 77 heavy (non-hydrogen) atoms. The van der Waals surface area contributed by atoms with Gasteiger partial charge in [0.05, 0.1) is 0 Å². The van der Waals surface area contributed by atoms with Gasteiger partial charge in [-0.05, 0) is 89.9 Å². The van der Waals surface area contributed by atoms with Crippen molar-refractivity contribution in [3.05, 3.63) is 60.8 Å². The maximum Gasteiger partial charge on any atom is 0.306 e. The average molecular weight is 1080 g/mol. The standard InChI is InChI=1S/C71H128O6/c1-4-7-10-13-16-19-22-25-28-31-32-33-34-35-36-37-38-41-43-46-49-52-55-58-61-64-70(73)76-67-68(77-71(74)65-62-59-56-53-50-47-44-40-30-27-24-21-18-15-12-9-6-3)66-75-69(72)63-60-57-54-51-48-45-42-39-29-26-23-20-17-14-11-8-5-2/h18,21-22,25,27,30-32,34-35,68H,4-17,19-20,23-24,26,28-29,33,36-67H2,1-3H3/b21-18-,25-22-,30-27-,32-31-,35-34-. The summed E-state index contributed by atoms with van der Waals surface area (Å²) in [5, 5.41) is 0. The van der Waals surface area contributed by atoms with Gasteiger partial charge >= 0.3 is 17.9 Å². The van der Waals surface area contributed by atoms with E-state index in [1.54, 1.807) is 0 Å². The molecule has 0 aromatic heterocycles. The molecule has 0 heterocycles. The molecule has 1 unspecified atom stereocenters. The Bertz CT molecular complexity index is 1380. The molecule has 0 aromatic rings. The monoisotopic (exact) mass is 1080 g/mol. The smallest absolute Gasteiger partial charge is 0.306 e. The van der Waals surface area contributed by atoms with Gasteiger partial charge in [0.15, 0.2) is 6.10 Å². The van der Waals surface area contributed by atoms with E-state index in [1.165, 1.54) is 231 Å². The van der Waals surface area contributed by atoms with Crippen molar-refractivity contribution >= 4 is 17.9 Å². The highest BCUT2D eigenvalue weighted by atomic mass is 16.6. The molecule has 0 aromatic carbocycles. The van der Waals surface area contributed by atoms with Crippen LogP contribution in [0.3, 0.4) is 0 Å². The lowest BCUT2D eigenvalue weighted by molar-refractivity contribution is -0.167. The van der Waals surface area contributed by atoms with E-state index in [0.717, 1.165) is 83.5 Å². The first-order chi connectivity index (χ1) is 38.0. The zero-order valence-electron chi connectivity index (χ0n) is 51.5. The number of esters is 3. The normalized spacial score (nSPS) is 12.4. The third-order valence-electron chi connectivity index (χ3n) is 15.0. The number of rotatable bonds is 62. The minimum absolute atomic E-state index is 0.0750. The van der Waals surface area contributed by atoms with Crippen LogP contribution in [0.4, 0.5) is 0 Å². The second-order valence-electron chi connectivity index (χ2n) is 22.7. The summed E-state index contributed by atoms with van der Waals surface area (Å²) in [7, 11) is 0. The van der Waals surface area contributed by atoms with Crippen molar-refractivity contribution in [3.63, 3.8) is 0 Å². The molecule has 0 N–H and O–H groups in total. The number of carbonyl (C=O) groups is 3. The number of ether oxygens (including phenoxy) is 3. The summed E-state index contributed by atoms with van der Waals surface area (Å²) in [4.78, 5) is 38.4. The van der Waals surface area contributed by atoms with E-state index in [4.69, 9.17) is 14.2 Å². The second-order valence-corrected chi connectivity index (χ2v) is 22.7. The van der Waals surface area contributed by atoms with Crippen molar-refractivity contribution in [1.29, 1.82) is 0 Å². The minimum atomic E-state index is -0.780. The number of unbranched alkanes of at least 4 members (excludes halogenated alkanes) is 41. The predicted molar refractivity (Wildman–Crippen MR) is 335 cm³/mol. The number of carbonyl (C=O) groups excluding carboxylic acids is 3. The van der Waals surface area contributed by atoms with Crippen LogP contribution in [0.15, 0.2) is 60.8 Å². The molecule has 0 rings (SSSR count). The molecule has 0 radical (unpaired) electrons. The Morgan fingerprint density at radius 3 is 0.753 bits per heavy atom. The molecule has 0 saturated carbocycles. The molecule has 0 fully saturated rings. The van der Waals surface area contributed by atoms with E-state index in [9.17, 15) is 14.4 Å². The first-order valence-corrected chi connectivity index (χ1v) is 33.8. The van der Waals surface area contributed by atoms with Crippen LogP contribution in [0, 0.1) is 0 Å². The van der Waals surface area contributed by atoms with Crippen LogP contribution in [-0.2, 0) is 28.6 Å². The molecule has 6 heteroatoms. The van der Waals surface area contributed by atoms with Gasteiger partial charge in [0.2, 0.25) is 0 Å². The number of allylic oxidation sites excluding steroid dienone is 10. The highest BCUT2D eigenvalue weighted by Crippen LogP contribution is 2.17. The summed E-state index contributed by atoms with van der Waals surface area (Å²) >= 11 is 0. The number of hydrogen-bond donors (Lipinski definition) is 0. The van der Waals surface area contributed by atoms with Crippen molar-refractivity contribution in [2.24, 2.45) is 0 Å². The van der Waals surface area contributed by atoms with Gasteiger partial charge < -0.3 is 14.2 Å². The lowest BCUT2D eigenvalue weighted by atomic mass is 10.0. The molecule has 448 valence electrons. The number of hydrogen-bond acceptors (Lipinski definition) is 6. The van der Waals surface area contributed by atoms with E-state index in [-0.39, 0.29) is 31.1 Å². The van der Waals surface area contributed by atoms with Crippen LogP contribution in [0.2, 0.25) is 0 Å². The first kappa shape index (κ1) is 74.1. The van der Waals surface area contributed by atoms with Gasteiger partial charge in [-0.3, -0.25) is 14.4 Å². The largest absolute Gasteiger partial charge is 0.462 e. The van der Waals surface area contributed by atoms with Gasteiger partial charge in [-0.25, -0.2) is 0 Å². The molecule has 0 aliphatic carbocycles. The molecule has 0 aliphatic heterocycles. The van der Waals surface area contributed by atoms with Gasteiger partial charge in [-0.2, -0.15) is 0 Å². The highest BCUT2D eigenvalue weighted by molar-refractivity contribution is 5.71. The minimum Gasteiger partial charge on any atom is -0.462 e. The van der Waals surface area contributed by atoms with E-state index >= 15 is 0 Å². The average Bonchev–Trinajstić information content (AvgIpc) is 3.43. The summed E-state index contributed by atoms with van der Waals surface area (Å²) in [6.45, 7) is 6.65. The van der Waals surface area contributed by atoms with Crippen molar-refractivity contribution in [2.45, 2.75) is 361 Å². The fourth-order valence-corrected chi connectivity index (χ4v) is 9.89. The lowest BCUT2D eigenvalue weighted by Crippen LogP contribution is -2.30. The molecule has 0 amide bonds. The zero-order valence-corrected chi connectivity index (χ0v) is 51.5. The van der Waals surface area contributed by atoms with E-state index in [2.05, 4.69) is 81.5 Å². The van der Waals surface area contributed by atoms with Crippen molar-refractivity contribution in [1.82, 2.24) is 0 Å². The summed E-state index contributed by atoms with van der Waals surface area (Å²) in [6.07, 6.45) is 83.7. The van der Waals surface area contributed by atoms with Crippen LogP contribution in [0.5, 0.6) is 0 Å². The van der Waals surface area contributed by atoms with Crippen molar-refractivity contribution in [2.75, 3.05) is 13.2 Å². The fourth-order valence-electron chi connectivity index (χ4n) is 9.89. The third kappa shape index (κ3) is 63.8. The van der Waals surface area contributed by atoms with Gasteiger partial charge in [-0.1, -0.05) is 306 Å². The Morgan fingerprint density at radius 2 is 0.468 bits per heavy atom. The first-order valence-electron chi connectivity index (χ1n) is 33.8. The summed E-state index contributed by atoms with van der Waals surface area (Å²) in [5.41, 5.74) is 0. The van der Waals surface area contributed by atoms with Gasteiger partial charge in [0.1, 0.15) is 13.2 Å². The molecule has 1 atom stereocenters. The Hall–Kier alpha value is -2.89. The van der Waals surface area contributed by atoms with E-state index in [1.807, 2.05) is 0 Å². The Morgan fingerprint density at radius 1 is 0.260 bits per heavy atom. The molecule has 0 spiro atoms. The highest BCUT2D eigenvalue weighted by Gasteiger charge is 2.19. The Labute approximate surface area is 479 Å². The van der Waals surface area contributed by atoms with E-state index in [0.29, 0.717) is 19.3 Å². The Balaban J connectivity index is 4.32. The van der Waals surface area contributed by atoms with Gasteiger partial charge in [0, 0.05) is 19.3 Å². The van der Waals surface area contributed by atoms with Crippen molar-refractivity contribution in [3.8, 4) is 0 Å². The maximum atomic E-state index is 12.9. The molecular formula is C71H128O6. The quantitative estimate of drug-likeness (QED) is 0.0261. The SMILES string of the molecule is CCCCC/C=C\C/C=C\CCCCCCCCCC(=O)OC(COC(=O)CCCCCCCCCCCC/C=C\C/C=C\C/C=C\CCCCCCC)COC(=O)CCCCCCCCCCCCCCCCCCC. The third-order valence-corrected chi connectivity index (χ3v) is 15.0. The molecule has 0 aliphatic rings. The zero-order chi connectivity index (χ0) is 55.7. The Kier molecular flexibility index (Phi) is 63.2. The molecular weight excluding hydrogens is 949 g/mol. The maximum absolute atomic E-state index is 12.9. The molecule has 6 nitrogen and oxygen atoms in total. The fraction of sp³-hybridized carbons (Fsp3) is 0.817. The second kappa shape index (κ2) is 65.6. The van der Waals surface area contributed by atoms with Crippen molar-refractivity contribution < 1.29 is 28.6 Å². The topological polar surface area (TPSA) is 78.9 Å². The van der Waals surface area contributed by atoms with E-state index < -0.39 is 6.10 Å². The van der Waals surface area contributed by atoms with Gasteiger partial charge in [0.25, 0.3) is 0 Å². The lowest BCUT2D eigenvalue weighted by Gasteiger charge is -2.18.